The van der Waals surface area contributed by atoms with E-state index >= 15 is 0 Å². The Labute approximate surface area is 209 Å². The summed E-state index contributed by atoms with van der Waals surface area (Å²) < 4.78 is 1.08. The number of quaternary nitrogens is 1. The molecule has 166 valence electrons. The normalized spacial score (nSPS) is 12.3. The summed E-state index contributed by atoms with van der Waals surface area (Å²) in [5, 5.41) is 1.45. The van der Waals surface area contributed by atoms with Gasteiger partial charge in [-0.3, -0.25) is 4.48 Å². The van der Waals surface area contributed by atoms with Gasteiger partial charge < -0.3 is 12.4 Å². The molecule has 0 aliphatic rings. The molecule has 0 fully saturated rings. The Balaban J connectivity index is 0.00000784. The average molecular weight is 573 g/mol. The average Bonchev–Trinajstić information content (AvgIpc) is 2.68. The van der Waals surface area contributed by atoms with Crippen LogP contribution in [0.25, 0.3) is 0 Å². The first-order chi connectivity index (χ1) is 13.5. The molecule has 0 saturated heterocycles. The highest BCUT2D eigenvalue weighted by molar-refractivity contribution is 14.1. The molecule has 0 amide bonds. The van der Waals surface area contributed by atoms with Crippen molar-refractivity contribution in [1.29, 1.82) is 0 Å². The quantitative estimate of drug-likeness (QED) is 0.0637. The van der Waals surface area contributed by atoms with Crippen LogP contribution >= 0.6 is 45.8 Å². The van der Waals surface area contributed by atoms with E-state index < -0.39 is 0 Å². The summed E-state index contributed by atoms with van der Waals surface area (Å²) in [6.07, 6.45) is 18.8. The molecular weight excluding hydrogens is 536 g/mol. The second-order valence-corrected chi connectivity index (χ2v) is 9.91. The van der Waals surface area contributed by atoms with E-state index in [1.807, 2.05) is 12.1 Å². The van der Waals surface area contributed by atoms with Crippen molar-refractivity contribution >= 4 is 45.8 Å². The second kappa shape index (κ2) is 17.0. The minimum atomic E-state index is 0. The van der Waals surface area contributed by atoms with Crippen molar-refractivity contribution in [3.8, 4) is 12.3 Å². The van der Waals surface area contributed by atoms with E-state index in [1.54, 1.807) is 0 Å². The first-order valence-electron chi connectivity index (χ1n) is 10.9. The van der Waals surface area contributed by atoms with Gasteiger partial charge in [-0.15, -0.1) is 6.42 Å². The number of hydrogen-bond donors (Lipinski definition) is 0. The maximum absolute atomic E-state index is 6.54. The molecule has 0 aliphatic heterocycles. The van der Waals surface area contributed by atoms with Crippen molar-refractivity contribution in [1.82, 2.24) is 0 Å². The van der Waals surface area contributed by atoms with Crippen molar-refractivity contribution in [3.63, 3.8) is 0 Å². The molecule has 1 aromatic carbocycles. The molecule has 1 unspecified atom stereocenters. The highest BCUT2D eigenvalue weighted by atomic mass is 127. The number of benzene rings is 1. The number of halogens is 4. The van der Waals surface area contributed by atoms with Gasteiger partial charge in [0.1, 0.15) is 6.54 Å². The van der Waals surface area contributed by atoms with E-state index in [9.17, 15) is 0 Å². The number of nitrogens with zero attached hydrogens (tertiary/aromatic N) is 1. The van der Waals surface area contributed by atoms with E-state index in [4.69, 9.17) is 29.6 Å². The number of unbranched alkanes of at least 4 members (excludes halogenated alkanes) is 8. The molecule has 5 heteroatoms. The lowest BCUT2D eigenvalue weighted by molar-refractivity contribution is -0.940. The van der Waals surface area contributed by atoms with E-state index in [0.717, 1.165) is 34.7 Å². The summed E-state index contributed by atoms with van der Waals surface area (Å²) >= 11 is 15.1. The summed E-state index contributed by atoms with van der Waals surface area (Å²) in [5.41, 5.74) is 1.16. The van der Waals surface area contributed by atoms with Gasteiger partial charge in [-0.25, -0.2) is 0 Å². The van der Waals surface area contributed by atoms with Crippen LogP contribution < -0.4 is 12.4 Å². The number of rotatable bonds is 15. The van der Waals surface area contributed by atoms with Gasteiger partial charge in [0, 0.05) is 33.2 Å². The van der Waals surface area contributed by atoms with Crippen molar-refractivity contribution < 1.29 is 16.9 Å². The lowest BCUT2D eigenvalue weighted by atomic mass is 10.1. The second-order valence-electron chi connectivity index (χ2n) is 7.89. The Bertz CT molecular complexity index is 586. The van der Waals surface area contributed by atoms with Gasteiger partial charge in [0.2, 0.25) is 4.05 Å². The minimum absolute atomic E-state index is 0. The zero-order valence-electron chi connectivity index (χ0n) is 18.0. The van der Waals surface area contributed by atoms with Crippen LogP contribution in [0.1, 0.15) is 83.6 Å². The van der Waals surface area contributed by atoms with Crippen LogP contribution in [0.5, 0.6) is 0 Å². The Hall–Kier alpha value is 0.340. The maximum atomic E-state index is 6.54. The number of hydrogen-bond acceptors (Lipinski definition) is 0. The fraction of sp³-hybridized carbons (Fsp3) is 0.667. The molecule has 0 aliphatic carbocycles. The van der Waals surface area contributed by atoms with E-state index in [0.29, 0.717) is 5.02 Å². The summed E-state index contributed by atoms with van der Waals surface area (Å²) in [6.45, 7) is 7.65. The fourth-order valence-electron chi connectivity index (χ4n) is 3.78. The predicted molar refractivity (Wildman–Crippen MR) is 134 cm³/mol. The molecular formula is C24H37Cl3IN. The van der Waals surface area contributed by atoms with Crippen LogP contribution in [0.15, 0.2) is 18.2 Å². The molecule has 1 aromatic rings. The summed E-state index contributed by atoms with van der Waals surface area (Å²) in [6, 6.07) is 5.87. The fourth-order valence-corrected chi connectivity index (χ4v) is 5.01. The molecule has 29 heavy (non-hydrogen) atoms. The minimum Gasteiger partial charge on any atom is -1.00 e. The lowest BCUT2D eigenvalue weighted by Crippen LogP contribution is -3.00. The Kier molecular flexibility index (Phi) is 17.2. The van der Waals surface area contributed by atoms with Crippen LogP contribution in [0, 0.1) is 12.3 Å². The monoisotopic (exact) mass is 571 g/mol. The van der Waals surface area contributed by atoms with E-state index in [2.05, 4.69) is 48.4 Å². The topological polar surface area (TPSA) is 0 Å². The van der Waals surface area contributed by atoms with Gasteiger partial charge in [-0.2, -0.15) is 0 Å². The molecule has 1 nitrogen and oxygen atoms in total. The van der Waals surface area contributed by atoms with Gasteiger partial charge in [0.25, 0.3) is 0 Å². The molecule has 1 atom stereocenters. The third-order valence-electron chi connectivity index (χ3n) is 5.53. The standard InChI is InChI=1S/C24H37Cl2IN.ClH/c1-4-7-9-11-13-17-28(24(27)6-3,18-14-12-10-8-5-2)20-21-15-16-22(25)19-23(21)26;/h3,15-16,19,24H,4-5,7-14,17-18,20H2,1-2H3;1H/q+1;/p-1. The Morgan fingerprint density at radius 2 is 1.45 bits per heavy atom. The van der Waals surface area contributed by atoms with E-state index in [1.165, 1.54) is 64.2 Å². The van der Waals surface area contributed by atoms with Crippen LogP contribution in [0.2, 0.25) is 10.0 Å². The molecule has 0 bridgehead atoms. The SMILES string of the molecule is C#CC(I)[N+](CCCCCCC)(CCCCCCC)Cc1ccc(Cl)cc1Cl.[Cl-]. The molecule has 0 aromatic heterocycles. The molecule has 1 rings (SSSR count). The highest BCUT2D eigenvalue weighted by Gasteiger charge is 2.34. The van der Waals surface area contributed by atoms with Gasteiger partial charge in [0.05, 0.1) is 18.1 Å². The molecule has 0 saturated carbocycles. The zero-order chi connectivity index (χ0) is 20.8. The van der Waals surface area contributed by atoms with Crippen LogP contribution in [-0.2, 0) is 6.54 Å². The third kappa shape index (κ3) is 11.0. The first-order valence-corrected chi connectivity index (χ1v) is 12.9. The van der Waals surface area contributed by atoms with Crippen molar-refractivity contribution in [2.75, 3.05) is 13.1 Å². The summed E-state index contributed by atoms with van der Waals surface area (Å²) in [4.78, 5) is 0. The lowest BCUT2D eigenvalue weighted by Gasteiger charge is -2.41. The van der Waals surface area contributed by atoms with E-state index in [-0.39, 0.29) is 16.5 Å². The van der Waals surface area contributed by atoms with Crippen molar-refractivity contribution in [3.05, 3.63) is 33.8 Å². The summed E-state index contributed by atoms with van der Waals surface area (Å²) in [5.74, 6) is 3.05. The predicted octanol–water partition coefficient (Wildman–Crippen LogP) is 5.65. The first kappa shape index (κ1) is 29.3. The molecule has 0 spiro atoms. The smallest absolute Gasteiger partial charge is 0.200 e. The van der Waals surface area contributed by atoms with Gasteiger partial charge in [-0.05, 0) is 43.7 Å². The maximum Gasteiger partial charge on any atom is 0.200 e. The van der Waals surface area contributed by atoms with Gasteiger partial charge in [-0.1, -0.05) is 81.6 Å². The molecule has 0 N–H and O–H groups in total. The van der Waals surface area contributed by atoms with Crippen LogP contribution in [0.3, 0.4) is 0 Å². The number of terminal acetylenes is 1. The number of alkyl halides is 1. The molecule has 0 heterocycles. The van der Waals surface area contributed by atoms with Crippen molar-refractivity contribution in [2.24, 2.45) is 0 Å². The summed E-state index contributed by atoms with van der Waals surface area (Å²) in [7, 11) is 0. The third-order valence-corrected chi connectivity index (χ3v) is 7.66. The molecule has 0 radical (unpaired) electrons. The van der Waals surface area contributed by atoms with Gasteiger partial charge >= 0.3 is 0 Å². The van der Waals surface area contributed by atoms with Crippen LogP contribution in [-0.4, -0.2) is 21.6 Å². The van der Waals surface area contributed by atoms with Crippen LogP contribution in [0.4, 0.5) is 0 Å². The highest BCUT2D eigenvalue weighted by Crippen LogP contribution is 2.30. The Morgan fingerprint density at radius 3 is 1.90 bits per heavy atom. The van der Waals surface area contributed by atoms with Crippen molar-refractivity contribution in [2.45, 2.75) is 88.6 Å². The Morgan fingerprint density at radius 1 is 0.931 bits per heavy atom. The largest absolute Gasteiger partial charge is 1.00 e. The zero-order valence-corrected chi connectivity index (χ0v) is 22.5. The van der Waals surface area contributed by atoms with Gasteiger partial charge in [0.15, 0.2) is 0 Å².